The van der Waals surface area contributed by atoms with E-state index in [4.69, 9.17) is 16.3 Å². The molecule has 13 heavy (non-hydrogen) atoms. The van der Waals surface area contributed by atoms with Gasteiger partial charge in [-0.1, -0.05) is 30.7 Å². The van der Waals surface area contributed by atoms with Crippen molar-refractivity contribution in [3.05, 3.63) is 34.9 Å². The van der Waals surface area contributed by atoms with Gasteiger partial charge in [-0.25, -0.2) is 0 Å². The summed E-state index contributed by atoms with van der Waals surface area (Å²) in [6.07, 6.45) is 0.403. The molecule has 0 atom stereocenters. The highest BCUT2D eigenvalue weighted by atomic mass is 35.5. The Labute approximate surface area is 82.5 Å². The van der Waals surface area contributed by atoms with Crippen LogP contribution in [-0.4, -0.2) is 5.97 Å². The molecule has 3 heteroatoms. The number of halogens is 1. The summed E-state index contributed by atoms with van der Waals surface area (Å²) in [6, 6.07) is 7.27. The molecule has 0 bridgehead atoms. The van der Waals surface area contributed by atoms with Crippen LogP contribution < -0.4 is 0 Å². The molecular formula is C10H11ClO2. The van der Waals surface area contributed by atoms with E-state index < -0.39 is 0 Å². The van der Waals surface area contributed by atoms with Gasteiger partial charge in [0.2, 0.25) is 0 Å². The quantitative estimate of drug-likeness (QED) is 0.699. The van der Waals surface area contributed by atoms with E-state index in [9.17, 15) is 4.79 Å². The van der Waals surface area contributed by atoms with Gasteiger partial charge in [-0.3, -0.25) is 4.79 Å². The molecule has 0 spiro atoms. The van der Waals surface area contributed by atoms with Crippen LogP contribution >= 0.6 is 11.6 Å². The van der Waals surface area contributed by atoms with Crippen molar-refractivity contribution < 1.29 is 9.53 Å². The zero-order chi connectivity index (χ0) is 9.68. The topological polar surface area (TPSA) is 26.3 Å². The van der Waals surface area contributed by atoms with Crippen LogP contribution in [0, 0.1) is 0 Å². The summed E-state index contributed by atoms with van der Waals surface area (Å²) in [4.78, 5) is 10.8. The minimum absolute atomic E-state index is 0.194. The predicted octanol–water partition coefficient (Wildman–Crippen LogP) is 2.79. The maximum Gasteiger partial charge on any atom is 0.305 e. The average Bonchev–Trinajstić information content (AvgIpc) is 2.14. The lowest BCUT2D eigenvalue weighted by atomic mass is 10.2. The third-order valence-electron chi connectivity index (χ3n) is 1.58. The lowest BCUT2D eigenvalue weighted by Gasteiger charge is -2.02. The summed E-state index contributed by atoms with van der Waals surface area (Å²) >= 11 is 5.75. The summed E-state index contributed by atoms with van der Waals surface area (Å²) in [7, 11) is 0. The first-order valence-electron chi connectivity index (χ1n) is 4.12. The molecule has 0 saturated heterocycles. The minimum atomic E-state index is -0.194. The Hall–Kier alpha value is -1.02. The van der Waals surface area contributed by atoms with E-state index in [0.29, 0.717) is 18.1 Å². The molecule has 1 aromatic carbocycles. The van der Waals surface area contributed by atoms with Crippen LogP contribution in [0.2, 0.25) is 5.02 Å². The number of hydrogen-bond acceptors (Lipinski definition) is 2. The Morgan fingerprint density at radius 1 is 1.54 bits per heavy atom. The zero-order valence-corrected chi connectivity index (χ0v) is 8.17. The Morgan fingerprint density at radius 3 is 2.92 bits per heavy atom. The largest absolute Gasteiger partial charge is 0.461 e. The summed E-state index contributed by atoms with van der Waals surface area (Å²) in [5, 5.41) is 0.657. The molecule has 2 nitrogen and oxygen atoms in total. The van der Waals surface area contributed by atoms with Crippen molar-refractivity contribution in [3.8, 4) is 0 Å². The summed E-state index contributed by atoms with van der Waals surface area (Å²) < 4.78 is 4.93. The van der Waals surface area contributed by atoms with E-state index in [1.54, 1.807) is 19.1 Å². The van der Waals surface area contributed by atoms with Crippen LogP contribution in [0.4, 0.5) is 0 Å². The van der Waals surface area contributed by atoms with Gasteiger partial charge in [-0.05, 0) is 17.7 Å². The first-order chi connectivity index (χ1) is 6.22. The second-order valence-electron chi connectivity index (χ2n) is 2.64. The van der Waals surface area contributed by atoms with Gasteiger partial charge in [0.05, 0.1) is 0 Å². The number of carbonyl (C=O) groups excluding carboxylic acids is 1. The molecule has 0 aliphatic heterocycles. The molecular weight excluding hydrogens is 188 g/mol. The van der Waals surface area contributed by atoms with Crippen molar-refractivity contribution in [1.29, 1.82) is 0 Å². The zero-order valence-electron chi connectivity index (χ0n) is 7.42. The molecule has 0 radical (unpaired) electrons. The Balaban J connectivity index is 2.50. The standard InChI is InChI=1S/C10H11ClO2/c1-2-10(12)13-7-8-4-3-5-9(11)6-8/h3-6H,2,7H2,1H3. The molecule has 0 N–H and O–H groups in total. The molecule has 0 aliphatic carbocycles. The van der Waals surface area contributed by atoms with Gasteiger partial charge in [-0.15, -0.1) is 0 Å². The number of ether oxygens (including phenoxy) is 1. The molecule has 0 amide bonds. The van der Waals surface area contributed by atoms with E-state index in [1.165, 1.54) is 0 Å². The number of esters is 1. The van der Waals surface area contributed by atoms with Crippen LogP contribution in [0.3, 0.4) is 0 Å². The number of benzene rings is 1. The predicted molar refractivity (Wildman–Crippen MR) is 51.5 cm³/mol. The van der Waals surface area contributed by atoms with E-state index in [2.05, 4.69) is 0 Å². The average molecular weight is 199 g/mol. The minimum Gasteiger partial charge on any atom is -0.461 e. The fourth-order valence-electron chi connectivity index (χ4n) is 0.893. The van der Waals surface area contributed by atoms with Crippen LogP contribution in [0.15, 0.2) is 24.3 Å². The van der Waals surface area contributed by atoms with Crippen molar-refractivity contribution in [3.63, 3.8) is 0 Å². The molecule has 1 rings (SSSR count). The molecule has 0 aliphatic rings. The summed E-state index contributed by atoms with van der Waals surface area (Å²) in [5.74, 6) is -0.194. The Morgan fingerprint density at radius 2 is 2.31 bits per heavy atom. The van der Waals surface area contributed by atoms with Gasteiger partial charge in [-0.2, -0.15) is 0 Å². The highest BCUT2D eigenvalue weighted by Gasteiger charge is 1.99. The first-order valence-corrected chi connectivity index (χ1v) is 4.50. The second kappa shape index (κ2) is 4.87. The van der Waals surface area contributed by atoms with Crippen molar-refractivity contribution in [2.45, 2.75) is 20.0 Å². The van der Waals surface area contributed by atoms with Gasteiger partial charge < -0.3 is 4.74 Å². The van der Waals surface area contributed by atoms with Gasteiger partial charge in [0.1, 0.15) is 6.61 Å². The third kappa shape index (κ3) is 3.47. The normalized spacial score (nSPS) is 9.69. The van der Waals surface area contributed by atoms with Gasteiger partial charge in [0, 0.05) is 11.4 Å². The van der Waals surface area contributed by atoms with E-state index in [0.717, 1.165) is 5.56 Å². The van der Waals surface area contributed by atoms with Gasteiger partial charge >= 0.3 is 5.97 Å². The van der Waals surface area contributed by atoms with E-state index >= 15 is 0 Å². The first kappa shape index (κ1) is 10.1. The van der Waals surface area contributed by atoms with Crippen molar-refractivity contribution in [2.24, 2.45) is 0 Å². The molecule has 0 heterocycles. The molecule has 0 aromatic heterocycles. The van der Waals surface area contributed by atoms with Crippen molar-refractivity contribution >= 4 is 17.6 Å². The summed E-state index contributed by atoms with van der Waals surface area (Å²) in [6.45, 7) is 2.06. The van der Waals surface area contributed by atoms with Crippen LogP contribution in [0.5, 0.6) is 0 Å². The van der Waals surface area contributed by atoms with Crippen molar-refractivity contribution in [1.82, 2.24) is 0 Å². The second-order valence-corrected chi connectivity index (χ2v) is 3.08. The number of rotatable bonds is 3. The lowest BCUT2D eigenvalue weighted by molar-refractivity contribution is -0.144. The summed E-state index contributed by atoms with van der Waals surface area (Å²) in [5.41, 5.74) is 0.911. The number of hydrogen-bond donors (Lipinski definition) is 0. The third-order valence-corrected chi connectivity index (χ3v) is 1.81. The van der Waals surface area contributed by atoms with E-state index in [1.807, 2.05) is 12.1 Å². The SMILES string of the molecule is CCC(=O)OCc1cccc(Cl)c1. The Kier molecular flexibility index (Phi) is 3.77. The van der Waals surface area contributed by atoms with Gasteiger partial charge in [0.25, 0.3) is 0 Å². The highest BCUT2D eigenvalue weighted by molar-refractivity contribution is 6.30. The van der Waals surface area contributed by atoms with E-state index in [-0.39, 0.29) is 5.97 Å². The molecule has 0 fully saturated rings. The maximum absolute atomic E-state index is 10.8. The lowest BCUT2D eigenvalue weighted by Crippen LogP contribution is -2.01. The van der Waals surface area contributed by atoms with Gasteiger partial charge in [0.15, 0.2) is 0 Å². The Bertz CT molecular complexity index is 297. The molecule has 1 aromatic rings. The van der Waals surface area contributed by atoms with Crippen LogP contribution in [0.25, 0.3) is 0 Å². The fraction of sp³-hybridized carbons (Fsp3) is 0.300. The van der Waals surface area contributed by atoms with Crippen molar-refractivity contribution in [2.75, 3.05) is 0 Å². The fourth-order valence-corrected chi connectivity index (χ4v) is 1.11. The monoisotopic (exact) mass is 198 g/mol. The highest BCUT2D eigenvalue weighted by Crippen LogP contribution is 2.11. The smallest absolute Gasteiger partial charge is 0.305 e. The molecule has 70 valence electrons. The van der Waals surface area contributed by atoms with Crippen LogP contribution in [-0.2, 0) is 16.1 Å². The molecule has 0 unspecified atom stereocenters. The van der Waals surface area contributed by atoms with Crippen LogP contribution in [0.1, 0.15) is 18.9 Å². The maximum atomic E-state index is 10.8. The molecule has 0 saturated carbocycles. The number of carbonyl (C=O) groups is 1.